The van der Waals surface area contributed by atoms with Gasteiger partial charge in [-0.3, -0.25) is 5.41 Å². The number of nitrogens with zero attached hydrogens (tertiary/aromatic N) is 1. The molecule has 0 radical (unpaired) electrons. The minimum Gasteiger partial charge on any atom is -0.434 e. The maximum atomic E-state index is 11.2. The summed E-state index contributed by atoms with van der Waals surface area (Å²) in [5.41, 5.74) is 0. The fourth-order valence-corrected chi connectivity index (χ4v) is 2.20. The van der Waals surface area contributed by atoms with E-state index in [0.29, 0.717) is 25.3 Å². The number of hydrogen-bond donors (Lipinski definition) is 1. The van der Waals surface area contributed by atoms with E-state index in [2.05, 4.69) is 17.9 Å². The Balaban J connectivity index is 2.18. The Hall–Kier alpha value is -2.51. The average molecular weight is 340 g/mol. The van der Waals surface area contributed by atoms with Crippen molar-refractivity contribution < 1.29 is 28.5 Å². The molecule has 0 saturated carbocycles. The Labute approximate surface area is 141 Å². The van der Waals surface area contributed by atoms with E-state index < -0.39 is 12.3 Å². The molecule has 0 aromatic rings. The van der Waals surface area contributed by atoms with E-state index in [4.69, 9.17) is 19.6 Å². The zero-order chi connectivity index (χ0) is 17.8. The number of carbonyl (C=O) groups is 2. The van der Waals surface area contributed by atoms with Gasteiger partial charge in [-0.1, -0.05) is 25.3 Å². The Kier molecular flexibility index (Phi) is 9.03. The van der Waals surface area contributed by atoms with Crippen molar-refractivity contribution in [1.82, 2.24) is 4.90 Å². The first-order chi connectivity index (χ1) is 11.6. The van der Waals surface area contributed by atoms with Crippen molar-refractivity contribution in [2.75, 3.05) is 39.5 Å². The molecule has 0 bridgehead atoms. The molecule has 0 aromatic heterocycles. The quantitative estimate of drug-likeness (QED) is 0.481. The first-order valence-electron chi connectivity index (χ1n) is 7.72. The third-order valence-electron chi connectivity index (χ3n) is 3.38. The first kappa shape index (κ1) is 19.5. The molecule has 0 amide bonds. The molecule has 24 heavy (non-hydrogen) atoms. The van der Waals surface area contributed by atoms with Crippen LogP contribution in [0.25, 0.3) is 0 Å². The van der Waals surface area contributed by atoms with Crippen molar-refractivity contribution in [2.45, 2.75) is 12.8 Å². The molecule has 1 aliphatic heterocycles. The minimum absolute atomic E-state index is 0.0184. The SMILES string of the molecule is C=CCOC(=O)OCCC1CCN(CCOC(=O)OCC=C)C1=N. The van der Waals surface area contributed by atoms with Gasteiger partial charge in [0.15, 0.2) is 0 Å². The molecule has 1 unspecified atom stereocenters. The van der Waals surface area contributed by atoms with Crippen molar-refractivity contribution in [3.8, 4) is 0 Å². The van der Waals surface area contributed by atoms with E-state index in [1.165, 1.54) is 12.2 Å². The van der Waals surface area contributed by atoms with Crippen LogP contribution in [0, 0.1) is 11.3 Å². The number of likely N-dealkylation sites (tertiary alicyclic amines) is 1. The van der Waals surface area contributed by atoms with Gasteiger partial charge in [-0.2, -0.15) is 0 Å². The smallest absolute Gasteiger partial charge is 0.434 e. The van der Waals surface area contributed by atoms with Crippen LogP contribution >= 0.6 is 0 Å². The highest BCUT2D eigenvalue weighted by atomic mass is 16.7. The maximum absolute atomic E-state index is 11.2. The molecule has 0 aromatic carbocycles. The van der Waals surface area contributed by atoms with Crippen molar-refractivity contribution in [3.63, 3.8) is 0 Å². The van der Waals surface area contributed by atoms with Crippen molar-refractivity contribution >= 4 is 18.1 Å². The highest BCUT2D eigenvalue weighted by Crippen LogP contribution is 2.21. The van der Waals surface area contributed by atoms with Gasteiger partial charge in [0.1, 0.15) is 19.8 Å². The fourth-order valence-electron chi connectivity index (χ4n) is 2.20. The average Bonchev–Trinajstić information content (AvgIpc) is 2.91. The highest BCUT2D eigenvalue weighted by molar-refractivity contribution is 5.83. The van der Waals surface area contributed by atoms with Gasteiger partial charge in [0.05, 0.1) is 19.0 Å². The molecule has 1 N–H and O–H groups in total. The van der Waals surface area contributed by atoms with E-state index in [1.807, 2.05) is 4.90 Å². The molecule has 1 rings (SSSR count). The summed E-state index contributed by atoms with van der Waals surface area (Å²) in [6.07, 6.45) is 2.79. The summed E-state index contributed by atoms with van der Waals surface area (Å²) >= 11 is 0. The summed E-state index contributed by atoms with van der Waals surface area (Å²) in [6.45, 7) is 8.56. The summed E-state index contributed by atoms with van der Waals surface area (Å²) < 4.78 is 19.2. The third kappa shape index (κ3) is 7.17. The van der Waals surface area contributed by atoms with Crippen molar-refractivity contribution in [3.05, 3.63) is 25.3 Å². The Morgan fingerprint density at radius 3 is 2.25 bits per heavy atom. The van der Waals surface area contributed by atoms with Crippen molar-refractivity contribution in [1.29, 1.82) is 5.41 Å². The van der Waals surface area contributed by atoms with Crippen LogP contribution in [-0.2, 0) is 18.9 Å². The second-order valence-electron chi connectivity index (χ2n) is 5.04. The number of nitrogens with one attached hydrogen (secondary N) is 1. The molecule has 8 heteroatoms. The Morgan fingerprint density at radius 2 is 1.67 bits per heavy atom. The first-order valence-corrected chi connectivity index (χ1v) is 7.72. The normalized spacial score (nSPS) is 16.4. The third-order valence-corrected chi connectivity index (χ3v) is 3.38. The molecule has 1 fully saturated rings. The largest absolute Gasteiger partial charge is 0.508 e. The minimum atomic E-state index is -0.747. The summed E-state index contributed by atoms with van der Waals surface area (Å²) in [7, 11) is 0. The van der Waals surface area contributed by atoms with Crippen LogP contribution in [0.15, 0.2) is 25.3 Å². The van der Waals surface area contributed by atoms with Gasteiger partial charge in [-0.15, -0.1) is 0 Å². The van der Waals surface area contributed by atoms with Crippen LogP contribution in [0.3, 0.4) is 0 Å². The molecule has 1 atom stereocenters. The summed E-state index contributed by atoms with van der Waals surface area (Å²) in [4.78, 5) is 24.2. The van der Waals surface area contributed by atoms with Gasteiger partial charge in [0.25, 0.3) is 0 Å². The lowest BCUT2D eigenvalue weighted by Gasteiger charge is -2.19. The van der Waals surface area contributed by atoms with Gasteiger partial charge in [0, 0.05) is 12.5 Å². The maximum Gasteiger partial charge on any atom is 0.508 e. The number of rotatable bonds is 10. The molecular formula is C16H24N2O6. The molecule has 0 aliphatic carbocycles. The predicted octanol–water partition coefficient (Wildman–Crippen LogP) is 2.35. The topological polar surface area (TPSA) is 98.2 Å². The molecule has 1 aliphatic rings. The molecule has 0 spiro atoms. The number of ether oxygens (including phenoxy) is 4. The van der Waals surface area contributed by atoms with E-state index >= 15 is 0 Å². The number of hydrogen-bond acceptors (Lipinski definition) is 7. The predicted molar refractivity (Wildman–Crippen MR) is 87.0 cm³/mol. The zero-order valence-electron chi connectivity index (χ0n) is 13.7. The monoisotopic (exact) mass is 340 g/mol. The van der Waals surface area contributed by atoms with E-state index in [0.717, 1.165) is 6.42 Å². The molecule has 134 valence electrons. The standard InChI is InChI=1S/C16H24N2O6/c1-3-9-21-15(19)23-11-6-13-5-7-18(14(13)17)8-12-24-16(20)22-10-4-2/h3-4,13,17H,1-2,5-12H2. The molecule has 1 heterocycles. The lowest BCUT2D eigenvalue weighted by Crippen LogP contribution is -2.31. The summed E-state index contributed by atoms with van der Waals surface area (Å²) in [5.74, 6) is 0.478. The van der Waals surface area contributed by atoms with Gasteiger partial charge in [-0.05, 0) is 12.8 Å². The summed E-state index contributed by atoms with van der Waals surface area (Å²) in [6, 6.07) is 0. The summed E-state index contributed by atoms with van der Waals surface area (Å²) in [5, 5.41) is 8.11. The van der Waals surface area contributed by atoms with Crippen LogP contribution in [0.5, 0.6) is 0 Å². The number of carbonyl (C=O) groups excluding carboxylic acids is 2. The van der Waals surface area contributed by atoms with Gasteiger partial charge >= 0.3 is 12.3 Å². The second-order valence-corrected chi connectivity index (χ2v) is 5.04. The van der Waals surface area contributed by atoms with Gasteiger partial charge in [-0.25, -0.2) is 9.59 Å². The second kappa shape index (κ2) is 11.1. The van der Waals surface area contributed by atoms with Crippen LogP contribution in [0.2, 0.25) is 0 Å². The van der Waals surface area contributed by atoms with Gasteiger partial charge < -0.3 is 23.8 Å². The van der Waals surface area contributed by atoms with E-state index in [1.54, 1.807) is 0 Å². The number of amidine groups is 1. The lowest BCUT2D eigenvalue weighted by atomic mass is 10.0. The van der Waals surface area contributed by atoms with Crippen molar-refractivity contribution in [2.24, 2.45) is 5.92 Å². The van der Waals surface area contributed by atoms with Crippen LogP contribution in [0.1, 0.15) is 12.8 Å². The van der Waals surface area contributed by atoms with Crippen LogP contribution in [0.4, 0.5) is 9.59 Å². The lowest BCUT2D eigenvalue weighted by molar-refractivity contribution is 0.0598. The van der Waals surface area contributed by atoms with Crippen LogP contribution in [-0.4, -0.2) is 62.6 Å². The molecule has 1 saturated heterocycles. The fraction of sp³-hybridized carbons (Fsp3) is 0.562. The highest BCUT2D eigenvalue weighted by Gasteiger charge is 2.28. The molecular weight excluding hydrogens is 316 g/mol. The molecule has 8 nitrogen and oxygen atoms in total. The van der Waals surface area contributed by atoms with E-state index in [9.17, 15) is 9.59 Å². The Morgan fingerprint density at radius 1 is 1.08 bits per heavy atom. The van der Waals surface area contributed by atoms with Gasteiger partial charge in [0.2, 0.25) is 0 Å². The van der Waals surface area contributed by atoms with E-state index in [-0.39, 0.29) is 32.3 Å². The Bertz CT molecular complexity index is 425. The van der Waals surface area contributed by atoms with Crippen LogP contribution < -0.4 is 0 Å². The zero-order valence-corrected chi connectivity index (χ0v) is 13.7.